The maximum Gasteiger partial charge on any atom is 0.152 e. The molecule has 5 heteroatoms. The highest BCUT2D eigenvalue weighted by atomic mass is 32.2. The molecule has 0 bridgehead atoms. The van der Waals surface area contributed by atoms with E-state index in [1.807, 2.05) is 6.92 Å². The SMILES string of the molecule is CCS(=O)(=O)CC(C)Nc1cc(F)ccc1C. The zero-order valence-electron chi connectivity index (χ0n) is 10.3. The van der Waals surface area contributed by atoms with Crippen LogP contribution < -0.4 is 5.32 Å². The summed E-state index contributed by atoms with van der Waals surface area (Å²) in [6, 6.07) is 4.19. The standard InChI is InChI=1S/C12H18FNO2S/c1-4-17(15,16)8-10(3)14-12-7-11(13)6-5-9(12)2/h5-7,10,14H,4,8H2,1-3H3. The summed E-state index contributed by atoms with van der Waals surface area (Å²) in [6.07, 6.45) is 0. The second kappa shape index (κ2) is 5.49. The number of anilines is 1. The fourth-order valence-electron chi connectivity index (χ4n) is 1.56. The summed E-state index contributed by atoms with van der Waals surface area (Å²) < 4.78 is 35.9. The Balaban J connectivity index is 2.74. The van der Waals surface area contributed by atoms with Crippen LogP contribution in [-0.2, 0) is 9.84 Å². The van der Waals surface area contributed by atoms with Gasteiger partial charge in [-0.3, -0.25) is 0 Å². The average Bonchev–Trinajstić information content (AvgIpc) is 2.23. The first kappa shape index (κ1) is 14.0. The third kappa shape index (κ3) is 4.34. The van der Waals surface area contributed by atoms with Gasteiger partial charge >= 0.3 is 0 Å². The molecule has 1 aromatic carbocycles. The maximum atomic E-state index is 13.0. The molecule has 1 unspecified atom stereocenters. The van der Waals surface area contributed by atoms with Gasteiger partial charge in [-0.05, 0) is 31.5 Å². The van der Waals surface area contributed by atoms with E-state index in [0.717, 1.165) is 5.56 Å². The van der Waals surface area contributed by atoms with Gasteiger partial charge in [0, 0.05) is 17.5 Å². The number of nitrogens with one attached hydrogen (secondary N) is 1. The highest BCUT2D eigenvalue weighted by Crippen LogP contribution is 2.17. The quantitative estimate of drug-likeness (QED) is 0.883. The fourth-order valence-corrected chi connectivity index (χ4v) is 2.64. The van der Waals surface area contributed by atoms with Crippen LogP contribution in [0.1, 0.15) is 19.4 Å². The van der Waals surface area contributed by atoms with Crippen molar-refractivity contribution >= 4 is 15.5 Å². The van der Waals surface area contributed by atoms with Crippen LogP contribution >= 0.6 is 0 Å². The normalized spacial score (nSPS) is 13.4. The molecule has 0 amide bonds. The first-order valence-electron chi connectivity index (χ1n) is 5.57. The summed E-state index contributed by atoms with van der Waals surface area (Å²) >= 11 is 0. The second-order valence-corrected chi connectivity index (χ2v) is 6.60. The molecule has 0 fully saturated rings. The number of rotatable bonds is 5. The molecule has 0 heterocycles. The summed E-state index contributed by atoms with van der Waals surface area (Å²) in [5, 5.41) is 3.02. The Kier molecular flexibility index (Phi) is 4.51. The first-order chi connectivity index (χ1) is 7.84. The predicted octanol–water partition coefficient (Wildman–Crippen LogP) is 2.37. The molecule has 0 aromatic heterocycles. The molecule has 0 aliphatic rings. The van der Waals surface area contributed by atoms with Gasteiger partial charge in [-0.15, -0.1) is 0 Å². The van der Waals surface area contributed by atoms with Crippen molar-refractivity contribution in [1.29, 1.82) is 0 Å². The van der Waals surface area contributed by atoms with Gasteiger partial charge in [0.05, 0.1) is 5.75 Å². The highest BCUT2D eigenvalue weighted by Gasteiger charge is 2.14. The summed E-state index contributed by atoms with van der Waals surface area (Å²) in [7, 11) is -3.02. The first-order valence-corrected chi connectivity index (χ1v) is 7.39. The molecule has 0 aliphatic heterocycles. The number of hydrogen-bond acceptors (Lipinski definition) is 3. The molecule has 1 rings (SSSR count). The van der Waals surface area contributed by atoms with Crippen LogP contribution in [0.2, 0.25) is 0 Å². The lowest BCUT2D eigenvalue weighted by Crippen LogP contribution is -2.27. The average molecular weight is 259 g/mol. The molecule has 0 spiro atoms. The number of halogens is 1. The number of hydrogen-bond donors (Lipinski definition) is 1. The molecule has 1 atom stereocenters. The van der Waals surface area contributed by atoms with Gasteiger partial charge in [-0.2, -0.15) is 0 Å². The van der Waals surface area contributed by atoms with Crippen molar-refractivity contribution in [2.24, 2.45) is 0 Å². The molecule has 1 N–H and O–H groups in total. The van der Waals surface area contributed by atoms with Gasteiger partial charge in [0.25, 0.3) is 0 Å². The van der Waals surface area contributed by atoms with E-state index in [9.17, 15) is 12.8 Å². The van der Waals surface area contributed by atoms with E-state index in [-0.39, 0.29) is 23.4 Å². The van der Waals surface area contributed by atoms with Crippen molar-refractivity contribution in [3.05, 3.63) is 29.6 Å². The van der Waals surface area contributed by atoms with Crippen molar-refractivity contribution in [2.75, 3.05) is 16.8 Å². The molecular formula is C12H18FNO2S. The molecule has 0 radical (unpaired) electrons. The molecule has 3 nitrogen and oxygen atoms in total. The Bertz CT molecular complexity index is 485. The van der Waals surface area contributed by atoms with E-state index in [1.165, 1.54) is 12.1 Å². The number of aryl methyl sites for hydroxylation is 1. The zero-order valence-corrected chi connectivity index (χ0v) is 11.1. The Morgan fingerprint density at radius 3 is 2.65 bits per heavy atom. The Morgan fingerprint density at radius 2 is 2.06 bits per heavy atom. The summed E-state index contributed by atoms with van der Waals surface area (Å²) in [5.41, 5.74) is 1.54. The van der Waals surface area contributed by atoms with Crippen molar-refractivity contribution in [2.45, 2.75) is 26.8 Å². The molecular weight excluding hydrogens is 241 g/mol. The molecule has 0 saturated heterocycles. The van der Waals surface area contributed by atoms with Gasteiger partial charge in [-0.25, -0.2) is 12.8 Å². The number of sulfone groups is 1. The Hall–Kier alpha value is -1.10. The lowest BCUT2D eigenvalue weighted by Gasteiger charge is -2.16. The van der Waals surface area contributed by atoms with Crippen LogP contribution in [0.5, 0.6) is 0 Å². The van der Waals surface area contributed by atoms with E-state index in [0.29, 0.717) is 5.69 Å². The van der Waals surface area contributed by atoms with E-state index in [1.54, 1.807) is 19.9 Å². The summed E-state index contributed by atoms with van der Waals surface area (Å²) in [6.45, 7) is 5.25. The maximum absolute atomic E-state index is 13.0. The van der Waals surface area contributed by atoms with E-state index < -0.39 is 9.84 Å². The Morgan fingerprint density at radius 1 is 1.41 bits per heavy atom. The van der Waals surface area contributed by atoms with Crippen LogP contribution in [0, 0.1) is 12.7 Å². The van der Waals surface area contributed by atoms with Crippen LogP contribution in [-0.4, -0.2) is 26.0 Å². The van der Waals surface area contributed by atoms with Crippen molar-refractivity contribution in [3.8, 4) is 0 Å². The van der Waals surface area contributed by atoms with E-state index >= 15 is 0 Å². The minimum atomic E-state index is -3.02. The smallest absolute Gasteiger partial charge is 0.152 e. The molecule has 1 aromatic rings. The minimum Gasteiger partial charge on any atom is -0.381 e. The monoisotopic (exact) mass is 259 g/mol. The second-order valence-electron chi connectivity index (χ2n) is 4.20. The van der Waals surface area contributed by atoms with E-state index in [2.05, 4.69) is 5.32 Å². The van der Waals surface area contributed by atoms with Crippen LogP contribution in [0.3, 0.4) is 0 Å². The van der Waals surface area contributed by atoms with Crippen LogP contribution in [0.15, 0.2) is 18.2 Å². The van der Waals surface area contributed by atoms with E-state index in [4.69, 9.17) is 0 Å². The van der Waals surface area contributed by atoms with Gasteiger partial charge in [0.2, 0.25) is 0 Å². The molecule has 0 saturated carbocycles. The fraction of sp³-hybridized carbons (Fsp3) is 0.500. The number of benzene rings is 1. The van der Waals surface area contributed by atoms with Crippen molar-refractivity contribution in [1.82, 2.24) is 0 Å². The Labute approximate surface area is 102 Å². The van der Waals surface area contributed by atoms with Gasteiger partial charge in [0.15, 0.2) is 9.84 Å². The van der Waals surface area contributed by atoms with Crippen molar-refractivity contribution in [3.63, 3.8) is 0 Å². The lowest BCUT2D eigenvalue weighted by atomic mass is 10.2. The largest absolute Gasteiger partial charge is 0.381 e. The van der Waals surface area contributed by atoms with Crippen molar-refractivity contribution < 1.29 is 12.8 Å². The molecule has 17 heavy (non-hydrogen) atoms. The van der Waals surface area contributed by atoms with Crippen LogP contribution in [0.4, 0.5) is 10.1 Å². The van der Waals surface area contributed by atoms with Gasteiger partial charge in [0.1, 0.15) is 5.82 Å². The topological polar surface area (TPSA) is 46.2 Å². The van der Waals surface area contributed by atoms with Gasteiger partial charge < -0.3 is 5.32 Å². The minimum absolute atomic E-state index is 0.0550. The van der Waals surface area contributed by atoms with Gasteiger partial charge in [-0.1, -0.05) is 13.0 Å². The highest BCUT2D eigenvalue weighted by molar-refractivity contribution is 7.91. The summed E-state index contributed by atoms with van der Waals surface area (Å²) in [4.78, 5) is 0. The zero-order chi connectivity index (χ0) is 13.1. The predicted molar refractivity (Wildman–Crippen MR) is 68.5 cm³/mol. The third-order valence-corrected chi connectivity index (χ3v) is 4.43. The molecule has 0 aliphatic carbocycles. The third-order valence-electron chi connectivity index (χ3n) is 2.55. The summed E-state index contributed by atoms with van der Waals surface area (Å²) in [5.74, 6) is -0.149. The van der Waals surface area contributed by atoms with Crippen LogP contribution in [0.25, 0.3) is 0 Å². The molecule has 96 valence electrons. The lowest BCUT2D eigenvalue weighted by molar-refractivity contribution is 0.593.